The van der Waals surface area contributed by atoms with E-state index in [-0.39, 0.29) is 0 Å². The maximum absolute atomic E-state index is 5.87. The third-order valence-electron chi connectivity index (χ3n) is 5.47. The second kappa shape index (κ2) is 9.92. The van der Waals surface area contributed by atoms with Crippen LogP contribution in [-0.4, -0.2) is 50.5 Å². The SMILES string of the molecule is CSc1ccc(CN(C)Cn2nc(CN3CCCC3)n(-c3ccccc3)c2=S)cc1. The first-order valence-electron chi connectivity index (χ1n) is 10.4. The maximum Gasteiger partial charge on any atom is 0.203 e. The monoisotopic (exact) mass is 439 g/mol. The molecule has 0 N–H and O–H groups in total. The van der Waals surface area contributed by atoms with Crippen LogP contribution in [-0.2, 0) is 19.8 Å². The Bertz CT molecular complexity index is 1000. The van der Waals surface area contributed by atoms with Crippen LogP contribution in [0.4, 0.5) is 0 Å². The van der Waals surface area contributed by atoms with Crippen molar-refractivity contribution in [2.45, 2.75) is 37.5 Å². The summed E-state index contributed by atoms with van der Waals surface area (Å²) < 4.78 is 4.85. The van der Waals surface area contributed by atoms with Gasteiger partial charge in [-0.1, -0.05) is 30.3 Å². The minimum atomic E-state index is 0.663. The van der Waals surface area contributed by atoms with E-state index in [4.69, 9.17) is 17.3 Å². The largest absolute Gasteiger partial charge is 0.296 e. The molecule has 2 aromatic carbocycles. The molecular weight excluding hydrogens is 410 g/mol. The summed E-state index contributed by atoms with van der Waals surface area (Å²) in [5.41, 5.74) is 2.37. The van der Waals surface area contributed by atoms with Gasteiger partial charge in [-0.25, -0.2) is 4.68 Å². The molecule has 30 heavy (non-hydrogen) atoms. The van der Waals surface area contributed by atoms with Crippen LogP contribution in [0, 0.1) is 4.77 Å². The Labute approximate surface area is 188 Å². The van der Waals surface area contributed by atoms with Gasteiger partial charge in [-0.15, -0.1) is 11.8 Å². The number of thioether (sulfide) groups is 1. The molecule has 1 aromatic heterocycles. The first-order valence-corrected chi connectivity index (χ1v) is 12.1. The quantitative estimate of drug-likeness (QED) is 0.371. The minimum absolute atomic E-state index is 0.663. The van der Waals surface area contributed by atoms with Crippen molar-refractivity contribution in [1.29, 1.82) is 0 Å². The van der Waals surface area contributed by atoms with Crippen LogP contribution in [0.25, 0.3) is 5.69 Å². The number of likely N-dealkylation sites (tertiary alicyclic amines) is 1. The molecule has 0 spiro atoms. The summed E-state index contributed by atoms with van der Waals surface area (Å²) in [7, 11) is 2.12. The molecule has 7 heteroatoms. The van der Waals surface area contributed by atoms with Gasteiger partial charge in [0.25, 0.3) is 0 Å². The number of rotatable bonds is 8. The molecule has 1 saturated heterocycles. The Kier molecular flexibility index (Phi) is 7.04. The van der Waals surface area contributed by atoms with Crippen LogP contribution in [0.2, 0.25) is 0 Å². The lowest BCUT2D eigenvalue weighted by Crippen LogP contribution is -2.23. The van der Waals surface area contributed by atoms with E-state index in [9.17, 15) is 0 Å². The highest BCUT2D eigenvalue weighted by molar-refractivity contribution is 7.98. The molecule has 1 aliphatic rings. The summed E-state index contributed by atoms with van der Waals surface area (Å²) in [6, 6.07) is 19.1. The van der Waals surface area contributed by atoms with Crippen molar-refractivity contribution in [2.75, 3.05) is 26.4 Å². The molecule has 0 aliphatic carbocycles. The molecule has 4 rings (SSSR count). The van der Waals surface area contributed by atoms with Crippen LogP contribution < -0.4 is 0 Å². The fraction of sp³-hybridized carbons (Fsp3) is 0.391. The molecular formula is C23H29N5S2. The van der Waals surface area contributed by atoms with E-state index >= 15 is 0 Å². The molecule has 0 unspecified atom stereocenters. The molecule has 3 aromatic rings. The van der Waals surface area contributed by atoms with Crippen molar-refractivity contribution in [1.82, 2.24) is 24.1 Å². The second-order valence-electron chi connectivity index (χ2n) is 7.86. The van der Waals surface area contributed by atoms with Gasteiger partial charge in [0.15, 0.2) is 5.82 Å². The third-order valence-corrected chi connectivity index (χ3v) is 6.61. The summed E-state index contributed by atoms with van der Waals surface area (Å²) >= 11 is 7.63. The molecule has 0 saturated carbocycles. The fourth-order valence-electron chi connectivity index (χ4n) is 3.95. The van der Waals surface area contributed by atoms with Gasteiger partial charge in [0, 0.05) is 17.1 Å². The second-order valence-corrected chi connectivity index (χ2v) is 9.10. The lowest BCUT2D eigenvalue weighted by atomic mass is 10.2. The highest BCUT2D eigenvalue weighted by atomic mass is 32.2. The van der Waals surface area contributed by atoms with Crippen molar-refractivity contribution in [3.63, 3.8) is 0 Å². The highest BCUT2D eigenvalue weighted by Gasteiger charge is 2.19. The van der Waals surface area contributed by atoms with Crippen molar-refractivity contribution < 1.29 is 0 Å². The van der Waals surface area contributed by atoms with Gasteiger partial charge < -0.3 is 0 Å². The number of hydrogen-bond donors (Lipinski definition) is 0. The van der Waals surface area contributed by atoms with E-state index < -0.39 is 0 Å². The zero-order chi connectivity index (χ0) is 20.9. The smallest absolute Gasteiger partial charge is 0.203 e. The lowest BCUT2D eigenvalue weighted by molar-refractivity contribution is 0.242. The normalized spacial score (nSPS) is 14.6. The Hall–Kier alpha value is -1.93. The molecule has 1 fully saturated rings. The Morgan fingerprint density at radius 2 is 1.73 bits per heavy atom. The summed E-state index contributed by atoms with van der Waals surface area (Å²) in [6.07, 6.45) is 4.64. The van der Waals surface area contributed by atoms with Gasteiger partial charge in [0.05, 0.1) is 13.2 Å². The number of nitrogens with zero attached hydrogens (tertiary/aromatic N) is 5. The Balaban J connectivity index is 1.56. The molecule has 158 valence electrons. The predicted octanol–water partition coefficient (Wildman–Crippen LogP) is 4.81. The standard InChI is InChI=1S/C23H29N5S2/c1-25(16-19-10-12-21(30-2)13-11-19)18-27-23(29)28(20-8-4-3-5-9-20)22(24-27)17-26-14-6-7-15-26/h3-5,8-13H,6-7,14-18H2,1-2H3. The molecule has 0 amide bonds. The van der Waals surface area contributed by atoms with Crippen LogP contribution in [0.1, 0.15) is 24.2 Å². The highest BCUT2D eigenvalue weighted by Crippen LogP contribution is 2.18. The zero-order valence-corrected chi connectivity index (χ0v) is 19.3. The van der Waals surface area contributed by atoms with E-state index in [0.717, 1.165) is 42.5 Å². The van der Waals surface area contributed by atoms with Gasteiger partial charge in [-0.05, 0) is 81.3 Å². The Morgan fingerprint density at radius 1 is 1.03 bits per heavy atom. The molecule has 0 radical (unpaired) electrons. The minimum Gasteiger partial charge on any atom is -0.296 e. The van der Waals surface area contributed by atoms with Gasteiger partial charge in [0.2, 0.25) is 4.77 Å². The number of benzene rings is 2. The maximum atomic E-state index is 5.87. The molecule has 2 heterocycles. The summed E-state index contributed by atoms with van der Waals surface area (Å²) in [5, 5.41) is 4.95. The zero-order valence-electron chi connectivity index (χ0n) is 17.7. The fourth-order valence-corrected chi connectivity index (χ4v) is 4.66. The first-order chi connectivity index (χ1) is 14.6. The topological polar surface area (TPSA) is 29.2 Å². The summed E-state index contributed by atoms with van der Waals surface area (Å²) in [5.74, 6) is 1.02. The van der Waals surface area contributed by atoms with Crippen molar-refractivity contribution in [3.8, 4) is 5.69 Å². The van der Waals surface area contributed by atoms with Crippen molar-refractivity contribution in [3.05, 3.63) is 70.8 Å². The molecule has 0 atom stereocenters. The predicted molar refractivity (Wildman–Crippen MR) is 127 cm³/mol. The van der Waals surface area contributed by atoms with E-state index in [1.165, 1.54) is 23.3 Å². The van der Waals surface area contributed by atoms with Gasteiger partial charge in [-0.3, -0.25) is 14.4 Å². The van der Waals surface area contributed by atoms with E-state index in [1.54, 1.807) is 11.8 Å². The number of hydrogen-bond acceptors (Lipinski definition) is 5. The van der Waals surface area contributed by atoms with Crippen LogP contribution >= 0.6 is 24.0 Å². The van der Waals surface area contributed by atoms with Crippen LogP contribution in [0.5, 0.6) is 0 Å². The Morgan fingerprint density at radius 3 is 2.40 bits per heavy atom. The van der Waals surface area contributed by atoms with E-state index in [1.807, 2.05) is 10.7 Å². The van der Waals surface area contributed by atoms with Crippen molar-refractivity contribution in [2.24, 2.45) is 0 Å². The van der Waals surface area contributed by atoms with Crippen LogP contribution in [0.15, 0.2) is 59.5 Å². The number of aromatic nitrogens is 3. The third kappa shape index (κ3) is 5.03. The number of para-hydroxylation sites is 1. The van der Waals surface area contributed by atoms with Gasteiger partial charge in [-0.2, -0.15) is 5.10 Å². The van der Waals surface area contributed by atoms with Crippen molar-refractivity contribution >= 4 is 24.0 Å². The first kappa shape index (κ1) is 21.3. The molecule has 0 bridgehead atoms. The van der Waals surface area contributed by atoms with Gasteiger partial charge in [0.1, 0.15) is 0 Å². The van der Waals surface area contributed by atoms with Crippen LogP contribution in [0.3, 0.4) is 0 Å². The average Bonchev–Trinajstić information content (AvgIpc) is 3.37. The summed E-state index contributed by atoms with van der Waals surface area (Å²) in [4.78, 5) is 6.01. The lowest BCUT2D eigenvalue weighted by Gasteiger charge is -2.16. The summed E-state index contributed by atoms with van der Waals surface area (Å²) in [6.45, 7) is 4.64. The van der Waals surface area contributed by atoms with E-state index in [2.05, 4.69) is 76.2 Å². The van der Waals surface area contributed by atoms with Gasteiger partial charge >= 0.3 is 0 Å². The molecule has 1 aliphatic heterocycles. The molecule has 5 nitrogen and oxygen atoms in total. The van der Waals surface area contributed by atoms with E-state index in [0.29, 0.717) is 6.67 Å². The average molecular weight is 440 g/mol.